The van der Waals surface area contributed by atoms with Crippen molar-refractivity contribution in [2.45, 2.75) is 24.9 Å². The van der Waals surface area contributed by atoms with Crippen LogP contribution in [0.5, 0.6) is 0 Å². The van der Waals surface area contributed by atoms with E-state index in [2.05, 4.69) is 15.5 Å². The number of aromatic carboxylic acids is 1. The van der Waals surface area contributed by atoms with Gasteiger partial charge in [-0.15, -0.1) is 22.0 Å². The molecule has 0 spiro atoms. The summed E-state index contributed by atoms with van der Waals surface area (Å²) in [5.41, 5.74) is 0.156. The minimum Gasteiger partial charge on any atom is -0.478 e. The van der Waals surface area contributed by atoms with Crippen LogP contribution in [0.25, 0.3) is 0 Å². The van der Waals surface area contributed by atoms with Crippen LogP contribution in [0.3, 0.4) is 0 Å². The summed E-state index contributed by atoms with van der Waals surface area (Å²) >= 11 is 1.36. The molecule has 0 radical (unpaired) electrons. The first-order chi connectivity index (χ1) is 7.04. The van der Waals surface area contributed by atoms with Crippen LogP contribution in [0.2, 0.25) is 0 Å². The molecule has 1 aromatic heterocycles. The third kappa shape index (κ3) is 3.09. The van der Waals surface area contributed by atoms with Crippen LogP contribution in [0.4, 0.5) is 5.82 Å². The molecule has 0 unspecified atom stereocenters. The molecule has 6 heteroatoms. The zero-order chi connectivity index (χ0) is 11.4. The molecule has 0 aliphatic rings. The SMILES string of the molecule is CSc1cc(C(=O)O)c(NC(C)C)nn1. The lowest BCUT2D eigenvalue weighted by molar-refractivity contribution is 0.0697. The van der Waals surface area contributed by atoms with Crippen molar-refractivity contribution in [1.82, 2.24) is 10.2 Å². The lowest BCUT2D eigenvalue weighted by Gasteiger charge is -2.10. The zero-order valence-corrected chi connectivity index (χ0v) is 9.63. The normalized spacial score (nSPS) is 10.4. The molecular weight excluding hydrogens is 214 g/mol. The molecule has 0 aromatic carbocycles. The summed E-state index contributed by atoms with van der Waals surface area (Å²) in [5, 5.41) is 20.3. The molecule has 0 fully saturated rings. The number of aromatic nitrogens is 2. The summed E-state index contributed by atoms with van der Waals surface area (Å²) in [6.45, 7) is 3.82. The highest BCUT2D eigenvalue weighted by Crippen LogP contribution is 2.18. The molecule has 0 bridgehead atoms. The van der Waals surface area contributed by atoms with Gasteiger partial charge in [-0.05, 0) is 26.2 Å². The first kappa shape index (κ1) is 11.8. The average Bonchev–Trinajstić information content (AvgIpc) is 2.17. The predicted molar refractivity (Wildman–Crippen MR) is 59.5 cm³/mol. The first-order valence-electron chi connectivity index (χ1n) is 4.46. The fraction of sp³-hybridized carbons (Fsp3) is 0.444. The van der Waals surface area contributed by atoms with Crippen LogP contribution < -0.4 is 5.32 Å². The van der Waals surface area contributed by atoms with E-state index in [-0.39, 0.29) is 11.6 Å². The molecule has 1 rings (SSSR count). The van der Waals surface area contributed by atoms with Crippen molar-refractivity contribution < 1.29 is 9.90 Å². The number of hydrogen-bond donors (Lipinski definition) is 2. The largest absolute Gasteiger partial charge is 0.478 e. The van der Waals surface area contributed by atoms with Crippen molar-refractivity contribution in [1.29, 1.82) is 0 Å². The quantitative estimate of drug-likeness (QED) is 0.763. The second-order valence-corrected chi connectivity index (χ2v) is 4.08. The van der Waals surface area contributed by atoms with Crippen molar-refractivity contribution in [3.05, 3.63) is 11.6 Å². The van der Waals surface area contributed by atoms with Crippen molar-refractivity contribution in [3.8, 4) is 0 Å². The van der Waals surface area contributed by atoms with Crippen LogP contribution in [0.1, 0.15) is 24.2 Å². The topological polar surface area (TPSA) is 75.1 Å². The Bertz CT molecular complexity index is 368. The van der Waals surface area contributed by atoms with Crippen LogP contribution >= 0.6 is 11.8 Å². The van der Waals surface area contributed by atoms with E-state index < -0.39 is 5.97 Å². The summed E-state index contributed by atoms with van der Waals surface area (Å²) in [4.78, 5) is 11.0. The molecule has 5 nitrogen and oxygen atoms in total. The molecule has 0 aliphatic heterocycles. The number of thioether (sulfide) groups is 1. The fourth-order valence-corrected chi connectivity index (χ4v) is 1.37. The van der Waals surface area contributed by atoms with E-state index in [4.69, 9.17) is 5.11 Å². The number of carboxylic acid groups (broad SMARTS) is 1. The highest BCUT2D eigenvalue weighted by Gasteiger charge is 2.14. The first-order valence-corrected chi connectivity index (χ1v) is 5.68. The lowest BCUT2D eigenvalue weighted by atomic mass is 10.2. The van der Waals surface area contributed by atoms with Gasteiger partial charge in [-0.25, -0.2) is 4.79 Å². The monoisotopic (exact) mass is 227 g/mol. The molecule has 0 atom stereocenters. The van der Waals surface area contributed by atoms with Gasteiger partial charge in [0.25, 0.3) is 0 Å². The Labute approximate surface area is 92.3 Å². The van der Waals surface area contributed by atoms with E-state index in [0.717, 1.165) is 0 Å². The number of nitrogens with zero attached hydrogens (tertiary/aromatic N) is 2. The van der Waals surface area contributed by atoms with Crippen LogP contribution in [0, 0.1) is 0 Å². The summed E-state index contributed by atoms with van der Waals surface area (Å²) in [5.74, 6) is -0.682. The van der Waals surface area contributed by atoms with Gasteiger partial charge < -0.3 is 10.4 Å². The van der Waals surface area contributed by atoms with Gasteiger partial charge in [-0.3, -0.25) is 0 Å². The highest BCUT2D eigenvalue weighted by atomic mass is 32.2. The molecule has 0 amide bonds. The Morgan fingerprint density at radius 2 is 2.20 bits per heavy atom. The third-order valence-corrected chi connectivity index (χ3v) is 2.25. The average molecular weight is 227 g/mol. The van der Waals surface area contributed by atoms with Gasteiger partial charge in [0.1, 0.15) is 10.6 Å². The maximum absolute atomic E-state index is 11.0. The van der Waals surface area contributed by atoms with Crippen LogP contribution in [0.15, 0.2) is 11.1 Å². The number of nitrogens with one attached hydrogen (secondary N) is 1. The van der Waals surface area contributed by atoms with Crippen LogP contribution in [-0.2, 0) is 0 Å². The number of anilines is 1. The van der Waals surface area contributed by atoms with E-state index in [9.17, 15) is 4.79 Å². The predicted octanol–water partition coefficient (Wildman–Crippen LogP) is 1.72. The minimum atomic E-state index is -0.997. The molecule has 0 saturated heterocycles. The van der Waals surface area contributed by atoms with Gasteiger partial charge >= 0.3 is 5.97 Å². The second-order valence-electron chi connectivity index (χ2n) is 3.25. The minimum absolute atomic E-state index is 0.123. The van der Waals surface area contributed by atoms with Crippen molar-refractivity contribution in [2.75, 3.05) is 11.6 Å². The van der Waals surface area contributed by atoms with E-state index in [1.54, 1.807) is 0 Å². The Morgan fingerprint density at radius 3 is 2.67 bits per heavy atom. The van der Waals surface area contributed by atoms with Gasteiger partial charge in [0.2, 0.25) is 0 Å². The highest BCUT2D eigenvalue weighted by molar-refractivity contribution is 7.98. The van der Waals surface area contributed by atoms with Crippen molar-refractivity contribution in [3.63, 3.8) is 0 Å². The molecule has 1 heterocycles. The lowest BCUT2D eigenvalue weighted by Crippen LogP contribution is -2.15. The van der Waals surface area contributed by atoms with Gasteiger partial charge in [-0.1, -0.05) is 0 Å². The molecule has 15 heavy (non-hydrogen) atoms. The summed E-state index contributed by atoms with van der Waals surface area (Å²) in [7, 11) is 0. The Morgan fingerprint density at radius 1 is 1.53 bits per heavy atom. The smallest absolute Gasteiger partial charge is 0.339 e. The van der Waals surface area contributed by atoms with Crippen LogP contribution in [-0.4, -0.2) is 33.6 Å². The Hall–Kier alpha value is -1.30. The van der Waals surface area contributed by atoms with Crippen molar-refractivity contribution >= 4 is 23.5 Å². The van der Waals surface area contributed by atoms with Gasteiger partial charge in [0.05, 0.1) is 0 Å². The number of carbonyl (C=O) groups is 1. The number of carboxylic acids is 1. The summed E-state index contributed by atoms with van der Waals surface area (Å²) in [6, 6.07) is 1.64. The maximum atomic E-state index is 11.0. The van der Waals surface area contributed by atoms with E-state index in [0.29, 0.717) is 10.8 Å². The molecule has 0 saturated carbocycles. The standard InChI is InChI=1S/C9H13N3O2S/c1-5(2)10-8-6(9(13)14)4-7(15-3)11-12-8/h4-5H,1-3H3,(H,10,12)(H,13,14). The molecule has 82 valence electrons. The van der Waals surface area contributed by atoms with Gasteiger partial charge in [0, 0.05) is 6.04 Å². The Kier molecular flexibility index (Phi) is 3.90. The van der Waals surface area contributed by atoms with Gasteiger partial charge in [0.15, 0.2) is 5.82 Å². The summed E-state index contributed by atoms with van der Waals surface area (Å²) < 4.78 is 0. The van der Waals surface area contributed by atoms with E-state index >= 15 is 0 Å². The number of rotatable bonds is 4. The number of hydrogen-bond acceptors (Lipinski definition) is 5. The van der Waals surface area contributed by atoms with E-state index in [1.165, 1.54) is 17.8 Å². The molecule has 2 N–H and O–H groups in total. The van der Waals surface area contributed by atoms with Crippen molar-refractivity contribution in [2.24, 2.45) is 0 Å². The molecule has 0 aliphatic carbocycles. The molecule has 1 aromatic rings. The second kappa shape index (κ2) is 4.97. The Balaban J connectivity index is 3.09. The maximum Gasteiger partial charge on any atom is 0.339 e. The fourth-order valence-electron chi connectivity index (χ4n) is 1.02. The summed E-state index contributed by atoms with van der Waals surface area (Å²) in [6.07, 6.45) is 1.82. The molecular formula is C9H13N3O2S. The van der Waals surface area contributed by atoms with Gasteiger partial charge in [-0.2, -0.15) is 0 Å². The zero-order valence-electron chi connectivity index (χ0n) is 8.81. The van der Waals surface area contributed by atoms with E-state index in [1.807, 2.05) is 20.1 Å². The third-order valence-electron chi connectivity index (χ3n) is 1.64.